The van der Waals surface area contributed by atoms with Gasteiger partial charge in [0, 0.05) is 27.3 Å². The molecule has 1 heterocycles. The second kappa shape index (κ2) is 9.67. The Morgan fingerprint density at radius 3 is 2.31 bits per heavy atom. The Labute approximate surface area is 235 Å². The third kappa shape index (κ3) is 5.03. The second-order valence-electron chi connectivity index (χ2n) is 8.39. The Bertz CT molecular complexity index is 1520. The van der Waals surface area contributed by atoms with E-state index in [-0.39, 0.29) is 10.6 Å². The Kier molecular flexibility index (Phi) is 6.87. The minimum atomic E-state index is -1.32. The molecular weight excluding hydrogens is 584 g/mol. The SMILES string of the molecule is Cc1nc2cc(NC(=O)c3cc(NC(=O)[C@H]4[C@H](c5cc(Cl)cc(Cl)c5)C4(Cl)Cl)ccc3Cl)ccc2s1. The molecule has 0 saturated heterocycles. The normalized spacial score (nSPS) is 18.2. The number of aromatic nitrogens is 1. The van der Waals surface area contributed by atoms with Crippen LogP contribution in [-0.2, 0) is 4.79 Å². The van der Waals surface area contributed by atoms with Crippen molar-refractivity contribution in [3.05, 3.63) is 85.8 Å². The number of alkyl halides is 2. The van der Waals surface area contributed by atoms with Gasteiger partial charge < -0.3 is 10.6 Å². The lowest BCUT2D eigenvalue weighted by molar-refractivity contribution is -0.117. The van der Waals surface area contributed by atoms with Gasteiger partial charge in [-0.15, -0.1) is 34.5 Å². The third-order valence-electron chi connectivity index (χ3n) is 5.81. The van der Waals surface area contributed by atoms with Gasteiger partial charge in [0.05, 0.1) is 31.7 Å². The molecule has 5 nitrogen and oxygen atoms in total. The number of nitrogens with one attached hydrogen (secondary N) is 2. The van der Waals surface area contributed by atoms with E-state index in [4.69, 9.17) is 58.0 Å². The quantitative estimate of drug-likeness (QED) is 0.227. The van der Waals surface area contributed by atoms with Crippen molar-refractivity contribution in [1.82, 2.24) is 4.98 Å². The summed E-state index contributed by atoms with van der Waals surface area (Å²) in [5.74, 6) is -2.06. The van der Waals surface area contributed by atoms with E-state index in [0.29, 0.717) is 27.0 Å². The molecule has 36 heavy (non-hydrogen) atoms. The lowest BCUT2D eigenvalue weighted by Crippen LogP contribution is -2.18. The third-order valence-corrected chi connectivity index (χ3v) is 8.47. The summed E-state index contributed by atoms with van der Waals surface area (Å²) in [5, 5.41) is 7.63. The van der Waals surface area contributed by atoms with E-state index in [9.17, 15) is 9.59 Å². The van der Waals surface area contributed by atoms with Crippen LogP contribution in [0.3, 0.4) is 0 Å². The van der Waals surface area contributed by atoms with E-state index in [1.165, 1.54) is 12.1 Å². The molecule has 1 saturated carbocycles. The van der Waals surface area contributed by atoms with Crippen LogP contribution in [0.15, 0.2) is 54.6 Å². The molecule has 2 atom stereocenters. The number of aryl methyl sites for hydroxylation is 1. The number of rotatable bonds is 5. The number of amides is 2. The molecule has 2 amide bonds. The number of hydrogen-bond acceptors (Lipinski definition) is 4. The molecule has 4 aromatic rings. The number of benzene rings is 3. The number of nitrogens with zero attached hydrogens (tertiary/aromatic N) is 1. The average Bonchev–Trinajstić information content (AvgIpc) is 3.18. The highest BCUT2D eigenvalue weighted by molar-refractivity contribution is 7.18. The van der Waals surface area contributed by atoms with Crippen molar-refractivity contribution in [2.24, 2.45) is 5.92 Å². The highest BCUT2D eigenvalue weighted by Crippen LogP contribution is 2.65. The van der Waals surface area contributed by atoms with Gasteiger partial charge in [-0.3, -0.25) is 9.59 Å². The second-order valence-corrected chi connectivity index (χ2v) is 12.3. The average molecular weight is 600 g/mol. The summed E-state index contributed by atoms with van der Waals surface area (Å²) in [6.45, 7) is 1.93. The number of fused-ring (bicyclic) bond motifs is 1. The maximum absolute atomic E-state index is 13.0. The van der Waals surface area contributed by atoms with Crippen molar-refractivity contribution in [3.8, 4) is 0 Å². The van der Waals surface area contributed by atoms with Gasteiger partial charge >= 0.3 is 0 Å². The van der Waals surface area contributed by atoms with Crippen molar-refractivity contribution in [2.75, 3.05) is 10.6 Å². The topological polar surface area (TPSA) is 71.1 Å². The molecule has 1 aliphatic rings. The number of carbonyl (C=O) groups excluding carboxylic acids is 2. The highest BCUT2D eigenvalue weighted by atomic mass is 35.5. The summed E-state index contributed by atoms with van der Waals surface area (Å²) >= 11 is 32.9. The molecule has 5 rings (SSSR count). The van der Waals surface area contributed by atoms with Crippen molar-refractivity contribution in [1.29, 1.82) is 0 Å². The van der Waals surface area contributed by atoms with E-state index >= 15 is 0 Å². The largest absolute Gasteiger partial charge is 0.326 e. The van der Waals surface area contributed by atoms with E-state index in [1.54, 1.807) is 47.7 Å². The van der Waals surface area contributed by atoms with E-state index in [1.807, 2.05) is 13.0 Å². The lowest BCUT2D eigenvalue weighted by atomic mass is 10.1. The fraction of sp³-hybridized carbons (Fsp3) is 0.160. The van der Waals surface area contributed by atoms with Crippen LogP contribution in [0.4, 0.5) is 11.4 Å². The molecule has 0 aliphatic heterocycles. The van der Waals surface area contributed by atoms with Crippen LogP contribution in [0.1, 0.15) is 26.8 Å². The molecule has 1 fully saturated rings. The van der Waals surface area contributed by atoms with Crippen LogP contribution in [0.5, 0.6) is 0 Å². The molecule has 3 aromatic carbocycles. The number of thiazole rings is 1. The summed E-state index contributed by atoms with van der Waals surface area (Å²) in [6.07, 6.45) is 0. The van der Waals surface area contributed by atoms with Crippen molar-refractivity contribution in [3.63, 3.8) is 0 Å². The van der Waals surface area contributed by atoms with Crippen molar-refractivity contribution < 1.29 is 9.59 Å². The zero-order valence-corrected chi connectivity index (χ0v) is 23.0. The molecule has 2 N–H and O–H groups in total. The first-order valence-corrected chi connectivity index (χ1v) is 13.4. The molecule has 0 radical (unpaired) electrons. The summed E-state index contributed by atoms with van der Waals surface area (Å²) in [6, 6.07) is 15.1. The zero-order valence-electron chi connectivity index (χ0n) is 18.4. The molecule has 1 aromatic heterocycles. The maximum atomic E-state index is 13.0. The summed E-state index contributed by atoms with van der Waals surface area (Å²) in [4.78, 5) is 30.5. The van der Waals surface area contributed by atoms with Crippen LogP contribution in [-0.4, -0.2) is 21.1 Å². The van der Waals surface area contributed by atoms with Crippen LogP contribution in [0.25, 0.3) is 10.2 Å². The van der Waals surface area contributed by atoms with Crippen molar-refractivity contribution in [2.45, 2.75) is 17.2 Å². The van der Waals surface area contributed by atoms with Gasteiger partial charge in [-0.2, -0.15) is 0 Å². The van der Waals surface area contributed by atoms with Crippen LogP contribution < -0.4 is 10.6 Å². The van der Waals surface area contributed by atoms with Gasteiger partial charge in [0.15, 0.2) is 0 Å². The van der Waals surface area contributed by atoms with Gasteiger partial charge in [0.25, 0.3) is 5.91 Å². The molecule has 11 heteroatoms. The smallest absolute Gasteiger partial charge is 0.257 e. The molecule has 184 valence electrons. The minimum Gasteiger partial charge on any atom is -0.326 e. The predicted octanol–water partition coefficient (Wildman–Crippen LogP) is 8.34. The van der Waals surface area contributed by atoms with Gasteiger partial charge in [0.2, 0.25) is 5.91 Å². The molecular formula is C25H16Cl5N3O2S. The van der Waals surface area contributed by atoms with E-state index < -0.39 is 28.0 Å². The van der Waals surface area contributed by atoms with E-state index in [2.05, 4.69) is 15.6 Å². The number of halogens is 5. The molecule has 1 aliphatic carbocycles. The fourth-order valence-electron chi connectivity index (χ4n) is 4.14. The first-order valence-electron chi connectivity index (χ1n) is 10.7. The molecule has 0 spiro atoms. The van der Waals surface area contributed by atoms with Crippen LogP contribution >= 0.6 is 69.3 Å². The maximum Gasteiger partial charge on any atom is 0.257 e. The fourth-order valence-corrected chi connectivity index (χ4v) is 6.52. The Morgan fingerprint density at radius 1 is 0.917 bits per heavy atom. The molecule has 0 unspecified atom stereocenters. The zero-order chi connectivity index (χ0) is 25.8. The number of carbonyl (C=O) groups is 2. The Balaban J connectivity index is 1.32. The predicted molar refractivity (Wildman–Crippen MR) is 150 cm³/mol. The first-order chi connectivity index (χ1) is 17.0. The van der Waals surface area contributed by atoms with Gasteiger partial charge in [-0.1, -0.05) is 34.8 Å². The minimum absolute atomic E-state index is 0.195. The first kappa shape index (κ1) is 25.6. The van der Waals surface area contributed by atoms with Gasteiger partial charge in [-0.05, 0) is 67.1 Å². The number of hydrogen-bond donors (Lipinski definition) is 2. The van der Waals surface area contributed by atoms with Crippen LogP contribution in [0, 0.1) is 12.8 Å². The molecule has 0 bridgehead atoms. The summed E-state index contributed by atoms with van der Waals surface area (Å²) in [7, 11) is 0. The van der Waals surface area contributed by atoms with Gasteiger partial charge in [-0.25, -0.2) is 4.98 Å². The Hall–Kier alpha value is -2.06. The standard InChI is InChI=1S/C25H16Cl5N3O2S/c1-11-31-19-10-16(3-5-20(19)36-11)32-23(34)17-9-15(2-4-18(17)28)33-24(35)22-21(25(22,29)30)12-6-13(26)8-14(27)7-12/h2-10,21-22H,1H3,(H,32,34)(H,33,35)/t21-,22+/m0/s1. The summed E-state index contributed by atoms with van der Waals surface area (Å²) in [5.41, 5.74) is 2.62. The highest BCUT2D eigenvalue weighted by Gasteiger charge is 2.67. The Morgan fingerprint density at radius 2 is 1.58 bits per heavy atom. The monoisotopic (exact) mass is 597 g/mol. The van der Waals surface area contributed by atoms with Crippen molar-refractivity contribution >= 4 is 103 Å². The number of anilines is 2. The van der Waals surface area contributed by atoms with E-state index in [0.717, 1.165) is 15.2 Å². The van der Waals surface area contributed by atoms with Crippen LogP contribution in [0.2, 0.25) is 15.1 Å². The lowest BCUT2D eigenvalue weighted by Gasteiger charge is -2.10. The summed E-state index contributed by atoms with van der Waals surface area (Å²) < 4.78 is -0.293. The van der Waals surface area contributed by atoms with Gasteiger partial charge in [0.1, 0.15) is 4.33 Å².